The molecule has 0 aliphatic carbocycles. The average Bonchev–Trinajstić information content (AvgIpc) is 3.13. The molecule has 0 amide bonds. The molecule has 0 saturated carbocycles. The van der Waals surface area contributed by atoms with Crippen LogP contribution in [0.1, 0.15) is 81.6 Å². The van der Waals surface area contributed by atoms with Crippen molar-refractivity contribution in [3.63, 3.8) is 0 Å². The van der Waals surface area contributed by atoms with Gasteiger partial charge in [0, 0.05) is 35.7 Å². The van der Waals surface area contributed by atoms with Crippen molar-refractivity contribution in [3.8, 4) is 23.0 Å². The topological polar surface area (TPSA) is 136 Å². The Morgan fingerprint density at radius 3 is 1.00 bits per heavy atom. The molecule has 0 heterocycles. The van der Waals surface area contributed by atoms with Gasteiger partial charge in [0.2, 0.25) is 0 Å². The smallest absolute Gasteiger partial charge is 0.165 e. The van der Waals surface area contributed by atoms with Crippen LogP contribution in [0.4, 0.5) is 0 Å². The van der Waals surface area contributed by atoms with Crippen LogP contribution in [0, 0.1) is 41.5 Å². The first-order valence-corrected chi connectivity index (χ1v) is 18.1. The van der Waals surface area contributed by atoms with Gasteiger partial charge in [-0.15, -0.1) is 0 Å². The Bertz CT molecular complexity index is 2010. The Morgan fingerprint density at radius 1 is 0.500 bits per heavy atom. The molecule has 0 bridgehead atoms. The summed E-state index contributed by atoms with van der Waals surface area (Å²) in [5.74, 6) is 0.622. The molecule has 2 N–H and O–H groups in total. The van der Waals surface area contributed by atoms with Crippen LogP contribution in [0.15, 0.2) is 81.8 Å². The summed E-state index contributed by atoms with van der Waals surface area (Å²) in [7, 11) is 6.12. The number of aryl methyl sites for hydroxylation is 6. The number of aliphatic hydroxyl groups excluding tert-OH is 2. The highest BCUT2D eigenvalue weighted by Crippen LogP contribution is 2.41. The first-order valence-electron chi connectivity index (χ1n) is 18.1. The number of aliphatic imine (C=N–C) groups is 2. The summed E-state index contributed by atoms with van der Waals surface area (Å²) in [4.78, 5) is 36.6. The minimum atomic E-state index is -0.951. The Hall–Kier alpha value is -6.16. The van der Waals surface area contributed by atoms with Crippen molar-refractivity contribution in [2.45, 2.75) is 67.5 Å². The highest BCUT2D eigenvalue weighted by molar-refractivity contribution is 6.18. The molecule has 0 saturated heterocycles. The molecule has 4 aromatic carbocycles. The van der Waals surface area contributed by atoms with Crippen molar-refractivity contribution >= 4 is 35.5 Å². The summed E-state index contributed by atoms with van der Waals surface area (Å²) in [5.41, 5.74) is 7.41. The molecule has 2 atom stereocenters. The number of aliphatic hydroxyl groups is 2. The summed E-state index contributed by atoms with van der Waals surface area (Å²) in [6.07, 6.45) is 2.70. The Labute approximate surface area is 329 Å². The second-order valence-corrected chi connectivity index (χ2v) is 13.9. The molecule has 0 aliphatic heterocycles. The maximum atomic E-state index is 13.3. The quantitative estimate of drug-likeness (QED) is 0.0695. The van der Waals surface area contributed by atoms with Gasteiger partial charge in [-0.05, 0) is 113 Å². The molecule has 0 fully saturated rings. The van der Waals surface area contributed by atoms with E-state index in [1.165, 1.54) is 54.7 Å². The van der Waals surface area contributed by atoms with Crippen LogP contribution in [0.5, 0.6) is 23.0 Å². The lowest BCUT2D eigenvalue weighted by atomic mass is 9.92. The monoisotopic (exact) mass is 760 g/mol. The predicted octanol–water partition coefficient (Wildman–Crippen LogP) is 9.61. The number of rotatable bonds is 15. The first kappa shape index (κ1) is 42.6. The minimum Gasteiger partial charge on any atom is -0.506 e. The fraction of sp³-hybridized carbons (Fsp3) is 0.304. The lowest BCUT2D eigenvalue weighted by Crippen LogP contribution is -2.13. The second-order valence-electron chi connectivity index (χ2n) is 13.9. The number of benzene rings is 4. The standard InChI is InChI=1S/C46H52N2O8/c1-25-13-27(3)41(28(4)14-25)45(51)39(31(7)49)23-47-43(33-17-35(53-9)21-36(18-33)54-10)44(34-19-37(55-11)22-38(20-34)56-12)48-24-40(32(8)50)46(52)42-29(5)15-26(2)16-30(42)6/h13-24,43-44,51-52H,1-12H3. The number of hydrogen-bond acceptors (Lipinski definition) is 10. The largest absolute Gasteiger partial charge is 0.506 e. The van der Waals surface area contributed by atoms with Gasteiger partial charge in [-0.3, -0.25) is 19.6 Å². The molecule has 56 heavy (non-hydrogen) atoms. The van der Waals surface area contributed by atoms with Gasteiger partial charge in [0.05, 0.1) is 39.6 Å². The highest BCUT2D eigenvalue weighted by Gasteiger charge is 2.28. The van der Waals surface area contributed by atoms with Crippen molar-refractivity contribution in [1.29, 1.82) is 0 Å². The number of methoxy groups -OCH3 is 4. The van der Waals surface area contributed by atoms with Crippen molar-refractivity contribution in [1.82, 2.24) is 0 Å². The van der Waals surface area contributed by atoms with Gasteiger partial charge in [0.25, 0.3) is 0 Å². The van der Waals surface area contributed by atoms with Gasteiger partial charge >= 0.3 is 0 Å². The maximum absolute atomic E-state index is 13.3. The lowest BCUT2D eigenvalue weighted by Gasteiger charge is -2.24. The number of ether oxygens (including phenoxy) is 4. The number of allylic oxidation sites excluding steroid dienone is 2. The fourth-order valence-electron chi connectivity index (χ4n) is 7.02. The van der Waals surface area contributed by atoms with Crippen LogP contribution in [-0.4, -0.2) is 62.6 Å². The van der Waals surface area contributed by atoms with Crippen LogP contribution in [-0.2, 0) is 9.59 Å². The van der Waals surface area contributed by atoms with Crippen molar-refractivity contribution in [3.05, 3.63) is 127 Å². The van der Waals surface area contributed by atoms with Crippen LogP contribution < -0.4 is 18.9 Å². The van der Waals surface area contributed by atoms with Gasteiger partial charge in [0.15, 0.2) is 11.6 Å². The van der Waals surface area contributed by atoms with Gasteiger partial charge in [-0.2, -0.15) is 0 Å². The number of Topliss-reactive ketones (excluding diaryl/α,β-unsaturated/α-hetero) is 2. The molecule has 10 nitrogen and oxygen atoms in total. The SMILES string of the molecule is COc1cc(OC)cc(C(N=CC(C(C)=O)=C(O)c2c(C)cc(C)cc2C)C(N=CC(C(C)=O)=C(O)c2c(C)cc(C)cc2C)c2cc(OC)cc(OC)c2)c1. The third-order valence-corrected chi connectivity index (χ3v) is 9.55. The summed E-state index contributed by atoms with van der Waals surface area (Å²) < 4.78 is 22.6. The molecule has 0 radical (unpaired) electrons. The zero-order valence-corrected chi connectivity index (χ0v) is 34.3. The van der Waals surface area contributed by atoms with Crippen molar-refractivity contribution in [2.24, 2.45) is 9.98 Å². The van der Waals surface area contributed by atoms with Crippen LogP contribution in [0.2, 0.25) is 0 Å². The average molecular weight is 761 g/mol. The Morgan fingerprint density at radius 2 is 0.768 bits per heavy atom. The first-order chi connectivity index (χ1) is 26.5. The minimum absolute atomic E-state index is 0.0156. The van der Waals surface area contributed by atoms with E-state index in [-0.39, 0.29) is 22.7 Å². The molecule has 0 aromatic heterocycles. The number of ketones is 2. The van der Waals surface area contributed by atoms with Gasteiger partial charge in [-0.1, -0.05) is 35.4 Å². The molecule has 2 unspecified atom stereocenters. The summed E-state index contributed by atoms with van der Waals surface area (Å²) in [5, 5.41) is 23.4. The van der Waals surface area contributed by atoms with Gasteiger partial charge < -0.3 is 29.2 Å². The van der Waals surface area contributed by atoms with E-state index in [4.69, 9.17) is 28.9 Å². The van der Waals surface area contributed by atoms with E-state index in [1.807, 2.05) is 65.8 Å². The van der Waals surface area contributed by atoms with Crippen LogP contribution in [0.25, 0.3) is 11.5 Å². The fourth-order valence-corrected chi connectivity index (χ4v) is 7.02. The molecule has 0 spiro atoms. The van der Waals surface area contributed by atoms with E-state index in [0.717, 1.165) is 33.4 Å². The van der Waals surface area contributed by atoms with Gasteiger partial charge in [0.1, 0.15) is 46.6 Å². The Kier molecular flexibility index (Phi) is 14.0. The van der Waals surface area contributed by atoms with Gasteiger partial charge in [-0.25, -0.2) is 0 Å². The number of hydrogen-bond donors (Lipinski definition) is 2. The third-order valence-electron chi connectivity index (χ3n) is 9.55. The zero-order chi connectivity index (χ0) is 41.4. The van der Waals surface area contributed by atoms with E-state index in [9.17, 15) is 19.8 Å². The molecule has 10 heteroatoms. The molecule has 294 valence electrons. The Balaban J connectivity index is 2.11. The molecule has 4 rings (SSSR count). The number of carbonyl (C=O) groups excluding carboxylic acids is 2. The van der Waals surface area contributed by atoms with E-state index in [1.54, 1.807) is 36.4 Å². The van der Waals surface area contributed by atoms with E-state index in [0.29, 0.717) is 45.3 Å². The third kappa shape index (κ3) is 9.73. The molecule has 4 aromatic rings. The van der Waals surface area contributed by atoms with E-state index >= 15 is 0 Å². The van der Waals surface area contributed by atoms with Crippen molar-refractivity contribution in [2.75, 3.05) is 28.4 Å². The summed E-state index contributed by atoms with van der Waals surface area (Å²) in [6.45, 7) is 14.2. The van der Waals surface area contributed by atoms with E-state index < -0.39 is 23.7 Å². The van der Waals surface area contributed by atoms with E-state index in [2.05, 4.69) is 0 Å². The summed E-state index contributed by atoms with van der Waals surface area (Å²) in [6, 6.07) is 16.4. The predicted molar refractivity (Wildman–Crippen MR) is 223 cm³/mol. The molecular formula is C46H52N2O8. The van der Waals surface area contributed by atoms with Crippen LogP contribution >= 0.6 is 0 Å². The normalized spacial score (nSPS) is 13.6. The van der Waals surface area contributed by atoms with Crippen LogP contribution in [0.3, 0.4) is 0 Å². The lowest BCUT2D eigenvalue weighted by molar-refractivity contribution is -0.114. The molecule has 0 aliphatic rings. The molecular weight excluding hydrogens is 709 g/mol. The second kappa shape index (κ2) is 18.4. The maximum Gasteiger partial charge on any atom is 0.165 e. The highest BCUT2D eigenvalue weighted by atomic mass is 16.5. The number of nitrogens with zero attached hydrogens (tertiary/aromatic N) is 2. The zero-order valence-electron chi connectivity index (χ0n) is 34.3. The summed E-state index contributed by atoms with van der Waals surface area (Å²) >= 11 is 0. The number of carbonyl (C=O) groups is 2. The van der Waals surface area contributed by atoms with Crippen molar-refractivity contribution < 1.29 is 38.7 Å².